The molecule has 8 heteroatoms. The summed E-state index contributed by atoms with van der Waals surface area (Å²) in [6.45, 7) is 5.11. The molecule has 2 aliphatic heterocycles. The van der Waals surface area contributed by atoms with Crippen LogP contribution in [0.25, 0.3) is 11.1 Å². The van der Waals surface area contributed by atoms with Crippen molar-refractivity contribution in [1.29, 1.82) is 0 Å². The summed E-state index contributed by atoms with van der Waals surface area (Å²) < 4.78 is 24.7. The number of fused-ring (bicyclic) bond motifs is 1. The first-order valence-electron chi connectivity index (χ1n) is 17.9. The van der Waals surface area contributed by atoms with E-state index >= 15 is 0 Å². The van der Waals surface area contributed by atoms with Gasteiger partial charge in [-0.05, 0) is 75.7 Å². The first kappa shape index (κ1) is 35.4. The van der Waals surface area contributed by atoms with Crippen LogP contribution in [-0.4, -0.2) is 49.3 Å². The van der Waals surface area contributed by atoms with Crippen molar-refractivity contribution in [3.8, 4) is 22.6 Å². The molecule has 0 spiro atoms. The van der Waals surface area contributed by atoms with Gasteiger partial charge in [0.1, 0.15) is 0 Å². The number of rotatable bonds is 11. The number of benzene rings is 5. The maximum absolute atomic E-state index is 12.6. The van der Waals surface area contributed by atoms with E-state index in [4.69, 9.17) is 18.9 Å². The zero-order valence-electron chi connectivity index (χ0n) is 30.0. The van der Waals surface area contributed by atoms with Crippen molar-refractivity contribution in [2.45, 2.75) is 51.5 Å². The van der Waals surface area contributed by atoms with E-state index in [1.54, 1.807) is 14.2 Å². The second kappa shape index (κ2) is 16.1. The van der Waals surface area contributed by atoms with Gasteiger partial charge < -0.3 is 29.4 Å². The number of methoxy groups -OCH3 is 2. The molecule has 268 valence electrons. The van der Waals surface area contributed by atoms with Gasteiger partial charge in [-0.25, -0.2) is 0 Å². The number of ether oxygens (including phenoxy) is 4. The summed E-state index contributed by atoms with van der Waals surface area (Å²) in [6.07, 6.45) is 0.0784. The second-order valence-corrected chi connectivity index (χ2v) is 13.7. The third-order valence-electron chi connectivity index (χ3n) is 10.3. The fraction of sp³-hybridized carbons (Fsp3) is 0.295. The van der Waals surface area contributed by atoms with Crippen LogP contribution in [0.5, 0.6) is 11.5 Å². The lowest BCUT2D eigenvalue weighted by molar-refractivity contribution is -0.276. The molecule has 4 unspecified atom stereocenters. The van der Waals surface area contributed by atoms with Crippen LogP contribution in [0.2, 0.25) is 0 Å². The molecule has 52 heavy (non-hydrogen) atoms. The highest BCUT2D eigenvalue weighted by Gasteiger charge is 2.39. The third-order valence-corrected chi connectivity index (χ3v) is 10.3. The SMILES string of the molecule is COc1cc2c(cc1OC)CN(CC1OC(c3ccc(-c4cccc(CNC(=O)c5ccccc5)c4)cc3)OC(c3ccc(CO)cc3)C1C)CC2. The van der Waals surface area contributed by atoms with Gasteiger partial charge in [0.2, 0.25) is 0 Å². The highest BCUT2D eigenvalue weighted by atomic mass is 16.7. The normalized spacial score (nSPS) is 20.2. The zero-order valence-corrected chi connectivity index (χ0v) is 30.0. The molecular weight excluding hydrogens is 652 g/mol. The van der Waals surface area contributed by atoms with Gasteiger partial charge in [-0.1, -0.05) is 91.9 Å². The number of amides is 1. The first-order valence-corrected chi connectivity index (χ1v) is 17.9. The minimum atomic E-state index is -0.557. The number of nitrogens with zero attached hydrogens (tertiary/aromatic N) is 1. The Balaban J connectivity index is 1.08. The highest BCUT2D eigenvalue weighted by molar-refractivity contribution is 5.94. The van der Waals surface area contributed by atoms with E-state index < -0.39 is 6.29 Å². The molecule has 0 aliphatic carbocycles. The maximum atomic E-state index is 12.6. The smallest absolute Gasteiger partial charge is 0.251 e. The lowest BCUT2D eigenvalue weighted by atomic mass is 9.89. The summed E-state index contributed by atoms with van der Waals surface area (Å²) in [5, 5.41) is 12.7. The zero-order chi connectivity index (χ0) is 36.0. The third kappa shape index (κ3) is 7.91. The quantitative estimate of drug-likeness (QED) is 0.147. The van der Waals surface area contributed by atoms with Crippen LogP contribution in [0.3, 0.4) is 0 Å². The molecular formula is C44H46N2O6. The fourth-order valence-corrected chi connectivity index (χ4v) is 7.25. The van der Waals surface area contributed by atoms with Gasteiger partial charge >= 0.3 is 0 Å². The number of carbonyl (C=O) groups is 1. The summed E-state index contributed by atoms with van der Waals surface area (Å²) >= 11 is 0. The van der Waals surface area contributed by atoms with Gasteiger partial charge in [-0.2, -0.15) is 0 Å². The average Bonchev–Trinajstić information content (AvgIpc) is 3.20. The van der Waals surface area contributed by atoms with Crippen molar-refractivity contribution in [2.75, 3.05) is 27.3 Å². The molecule has 4 atom stereocenters. The average molecular weight is 699 g/mol. The van der Waals surface area contributed by atoms with Crippen LogP contribution in [0, 0.1) is 5.92 Å². The van der Waals surface area contributed by atoms with Gasteiger partial charge in [0.25, 0.3) is 5.91 Å². The van der Waals surface area contributed by atoms with E-state index in [1.807, 2.05) is 54.6 Å². The molecule has 2 aliphatic rings. The van der Waals surface area contributed by atoms with Crippen molar-refractivity contribution in [1.82, 2.24) is 10.2 Å². The summed E-state index contributed by atoms with van der Waals surface area (Å²) in [7, 11) is 3.35. The lowest BCUT2D eigenvalue weighted by Crippen LogP contribution is -2.45. The second-order valence-electron chi connectivity index (χ2n) is 13.7. The summed E-state index contributed by atoms with van der Waals surface area (Å²) in [5.74, 6) is 1.49. The molecule has 1 fully saturated rings. The van der Waals surface area contributed by atoms with Crippen molar-refractivity contribution in [3.63, 3.8) is 0 Å². The summed E-state index contributed by atoms with van der Waals surface area (Å²) in [4.78, 5) is 15.1. The number of nitrogens with one attached hydrogen (secondary N) is 1. The molecule has 0 saturated carbocycles. The van der Waals surface area contributed by atoms with Crippen LogP contribution in [-0.2, 0) is 35.6 Å². The van der Waals surface area contributed by atoms with Gasteiger partial charge in [0, 0.05) is 43.2 Å². The molecule has 8 nitrogen and oxygen atoms in total. The summed E-state index contributed by atoms with van der Waals surface area (Å²) in [5.41, 5.74) is 9.22. The number of aliphatic hydroxyl groups excluding tert-OH is 1. The van der Waals surface area contributed by atoms with E-state index in [0.717, 1.165) is 70.9 Å². The minimum absolute atomic E-state index is 0.000390. The van der Waals surface area contributed by atoms with Crippen molar-refractivity contribution >= 4 is 5.91 Å². The standard InChI is InChI=1S/C44H46N2O6/c1-29-41(27-46-21-20-37-23-39(49-2)40(50-3)24-38(37)26-46)51-44(52-42(29)33-14-12-30(28-47)13-15-33)35-18-16-32(17-19-35)36-11-7-8-31(22-36)25-45-43(48)34-9-5-4-6-10-34/h4-19,22-24,29,41-42,44,47H,20-21,25-28H2,1-3H3,(H,45,48). The van der Waals surface area contributed by atoms with Crippen LogP contribution in [0.1, 0.15) is 63.1 Å². The van der Waals surface area contributed by atoms with Crippen LogP contribution in [0.15, 0.2) is 115 Å². The van der Waals surface area contributed by atoms with E-state index in [0.29, 0.717) is 12.1 Å². The molecule has 0 aromatic heterocycles. The fourth-order valence-electron chi connectivity index (χ4n) is 7.25. The van der Waals surface area contributed by atoms with E-state index in [2.05, 4.69) is 77.8 Å². The Hall–Kier alpha value is -4.99. The summed E-state index contributed by atoms with van der Waals surface area (Å²) in [6, 6.07) is 38.1. The Labute approximate surface area is 305 Å². The maximum Gasteiger partial charge on any atom is 0.251 e. The molecule has 0 radical (unpaired) electrons. The largest absolute Gasteiger partial charge is 0.493 e. The van der Waals surface area contributed by atoms with Crippen molar-refractivity contribution in [3.05, 3.63) is 154 Å². The number of aliphatic hydroxyl groups is 1. The Kier molecular flexibility index (Phi) is 11.0. The predicted molar refractivity (Wildman–Crippen MR) is 201 cm³/mol. The topological polar surface area (TPSA) is 89.5 Å². The van der Waals surface area contributed by atoms with Crippen LogP contribution in [0.4, 0.5) is 0 Å². The first-order chi connectivity index (χ1) is 25.4. The highest BCUT2D eigenvalue weighted by Crippen LogP contribution is 2.43. The monoisotopic (exact) mass is 698 g/mol. The van der Waals surface area contributed by atoms with Gasteiger partial charge in [0.05, 0.1) is 33.0 Å². The molecule has 7 rings (SSSR count). The molecule has 2 N–H and O–H groups in total. The molecule has 2 heterocycles. The predicted octanol–water partition coefficient (Wildman–Crippen LogP) is 7.64. The molecule has 1 amide bonds. The molecule has 5 aromatic carbocycles. The molecule has 1 saturated heterocycles. The molecule has 0 bridgehead atoms. The number of hydrogen-bond donors (Lipinski definition) is 2. The van der Waals surface area contributed by atoms with Gasteiger partial charge in [-0.3, -0.25) is 9.69 Å². The van der Waals surface area contributed by atoms with Gasteiger partial charge in [0.15, 0.2) is 17.8 Å². The van der Waals surface area contributed by atoms with E-state index in [-0.39, 0.29) is 30.6 Å². The van der Waals surface area contributed by atoms with E-state index in [9.17, 15) is 9.90 Å². The molecule has 5 aromatic rings. The van der Waals surface area contributed by atoms with Crippen LogP contribution < -0.4 is 14.8 Å². The minimum Gasteiger partial charge on any atom is -0.493 e. The number of hydrogen-bond acceptors (Lipinski definition) is 7. The Morgan fingerprint density at radius 1 is 0.788 bits per heavy atom. The van der Waals surface area contributed by atoms with Gasteiger partial charge in [-0.15, -0.1) is 0 Å². The van der Waals surface area contributed by atoms with E-state index in [1.165, 1.54) is 11.1 Å². The Bertz CT molecular complexity index is 1960. The Morgan fingerprint density at radius 3 is 2.21 bits per heavy atom. The lowest BCUT2D eigenvalue weighted by Gasteiger charge is -2.43. The van der Waals surface area contributed by atoms with Crippen LogP contribution >= 0.6 is 0 Å². The number of carbonyl (C=O) groups excluding carboxylic acids is 1. The Morgan fingerprint density at radius 2 is 1.50 bits per heavy atom. The van der Waals surface area contributed by atoms with Crippen molar-refractivity contribution < 1.29 is 28.8 Å². The van der Waals surface area contributed by atoms with Crippen molar-refractivity contribution in [2.24, 2.45) is 5.92 Å².